The van der Waals surface area contributed by atoms with Crippen molar-refractivity contribution >= 4 is 32.5 Å². The molecule has 9 heteroatoms. The smallest absolute Gasteiger partial charge is 0.340 e. The number of aryl methyl sites for hydroxylation is 1. The van der Waals surface area contributed by atoms with Crippen molar-refractivity contribution in [2.75, 3.05) is 24.7 Å². The van der Waals surface area contributed by atoms with Crippen LogP contribution in [-0.4, -0.2) is 43.2 Å². The van der Waals surface area contributed by atoms with Gasteiger partial charge in [0.05, 0.1) is 11.9 Å². The summed E-state index contributed by atoms with van der Waals surface area (Å²) in [6.45, 7) is 2.10. The zero-order valence-electron chi connectivity index (χ0n) is 9.35. The minimum Gasteiger partial charge on any atom is -0.478 e. The number of anilines is 1. The topological polar surface area (TPSA) is 108 Å². The Kier molecular flexibility index (Phi) is 4.43. The van der Waals surface area contributed by atoms with E-state index < -0.39 is 16.0 Å². The van der Waals surface area contributed by atoms with Gasteiger partial charge in [0.25, 0.3) is 0 Å². The molecule has 0 fully saturated rings. The Morgan fingerprint density at radius 3 is 2.65 bits per heavy atom. The molecular formula is C8H13N3O4S2. The summed E-state index contributed by atoms with van der Waals surface area (Å²) in [6.07, 6.45) is 1.06. The van der Waals surface area contributed by atoms with Gasteiger partial charge in [-0.25, -0.2) is 17.9 Å². The van der Waals surface area contributed by atoms with E-state index in [1.165, 1.54) is 0 Å². The lowest BCUT2D eigenvalue weighted by Gasteiger charge is -2.05. The van der Waals surface area contributed by atoms with Crippen LogP contribution in [0.15, 0.2) is 0 Å². The van der Waals surface area contributed by atoms with Crippen molar-refractivity contribution in [3.63, 3.8) is 0 Å². The molecule has 96 valence electrons. The van der Waals surface area contributed by atoms with Gasteiger partial charge in [-0.05, 0) is 18.5 Å². The Balaban J connectivity index is 2.56. The van der Waals surface area contributed by atoms with Crippen LogP contribution in [0.2, 0.25) is 0 Å². The van der Waals surface area contributed by atoms with Crippen LogP contribution in [0.1, 0.15) is 16.1 Å². The van der Waals surface area contributed by atoms with Gasteiger partial charge < -0.3 is 10.4 Å². The van der Waals surface area contributed by atoms with E-state index in [-0.39, 0.29) is 12.1 Å². The molecule has 0 unspecified atom stereocenters. The highest BCUT2D eigenvalue weighted by Crippen LogP contribution is 2.23. The summed E-state index contributed by atoms with van der Waals surface area (Å²) in [6, 6.07) is 0. The lowest BCUT2D eigenvalue weighted by Crippen LogP contribution is -2.27. The Morgan fingerprint density at radius 1 is 1.47 bits per heavy atom. The maximum absolute atomic E-state index is 10.9. The highest BCUT2D eigenvalue weighted by atomic mass is 32.2. The molecule has 0 aliphatic carbocycles. The van der Waals surface area contributed by atoms with Gasteiger partial charge in [0.1, 0.15) is 10.6 Å². The van der Waals surface area contributed by atoms with Gasteiger partial charge in [-0.3, -0.25) is 0 Å². The van der Waals surface area contributed by atoms with Gasteiger partial charge in [-0.15, -0.1) is 0 Å². The highest BCUT2D eigenvalue weighted by Gasteiger charge is 2.16. The summed E-state index contributed by atoms with van der Waals surface area (Å²) in [7, 11) is -3.22. The number of nitrogens with one attached hydrogen (secondary N) is 2. The molecule has 0 saturated carbocycles. The first-order valence-corrected chi connectivity index (χ1v) is 7.36. The molecule has 17 heavy (non-hydrogen) atoms. The Bertz CT molecular complexity index is 509. The predicted molar refractivity (Wildman–Crippen MR) is 65.1 cm³/mol. The molecule has 0 bridgehead atoms. The van der Waals surface area contributed by atoms with E-state index in [0.29, 0.717) is 17.2 Å². The lowest BCUT2D eigenvalue weighted by atomic mass is 10.2. The molecule has 1 rings (SSSR count). The van der Waals surface area contributed by atoms with Crippen molar-refractivity contribution in [3.05, 3.63) is 11.3 Å². The summed E-state index contributed by atoms with van der Waals surface area (Å²) >= 11 is 1.04. The fourth-order valence-corrected chi connectivity index (χ4v) is 2.44. The van der Waals surface area contributed by atoms with Crippen molar-refractivity contribution in [1.82, 2.24) is 9.10 Å². The molecule has 1 heterocycles. The van der Waals surface area contributed by atoms with Crippen LogP contribution in [0.25, 0.3) is 0 Å². The number of hydrogen-bond acceptors (Lipinski definition) is 6. The van der Waals surface area contributed by atoms with Gasteiger partial charge >= 0.3 is 5.97 Å². The summed E-state index contributed by atoms with van der Waals surface area (Å²) in [5, 5.41) is 12.2. The van der Waals surface area contributed by atoms with Crippen LogP contribution < -0.4 is 10.0 Å². The number of carbonyl (C=O) groups is 1. The second kappa shape index (κ2) is 5.43. The second-order valence-electron chi connectivity index (χ2n) is 3.37. The van der Waals surface area contributed by atoms with E-state index in [0.717, 1.165) is 17.8 Å². The first kappa shape index (κ1) is 13.9. The average Bonchev–Trinajstić information content (AvgIpc) is 2.53. The summed E-state index contributed by atoms with van der Waals surface area (Å²) in [5.74, 6) is -1.05. The van der Waals surface area contributed by atoms with Crippen molar-refractivity contribution in [2.24, 2.45) is 0 Å². The van der Waals surface area contributed by atoms with Crippen molar-refractivity contribution in [2.45, 2.75) is 6.92 Å². The highest BCUT2D eigenvalue weighted by molar-refractivity contribution is 7.88. The average molecular weight is 279 g/mol. The summed E-state index contributed by atoms with van der Waals surface area (Å²) in [4.78, 5) is 10.9. The van der Waals surface area contributed by atoms with Crippen molar-refractivity contribution < 1.29 is 18.3 Å². The van der Waals surface area contributed by atoms with Crippen LogP contribution in [0, 0.1) is 6.92 Å². The SMILES string of the molecule is Cc1nsc(NCCNS(C)(=O)=O)c1C(=O)O. The number of carboxylic acid groups (broad SMARTS) is 1. The molecule has 0 aliphatic rings. The number of rotatable bonds is 6. The second-order valence-corrected chi connectivity index (χ2v) is 5.98. The molecule has 7 nitrogen and oxygen atoms in total. The van der Waals surface area contributed by atoms with Gasteiger partial charge in [0.2, 0.25) is 10.0 Å². The molecule has 1 aromatic rings. The van der Waals surface area contributed by atoms with Crippen LogP contribution >= 0.6 is 11.5 Å². The van der Waals surface area contributed by atoms with E-state index in [1.54, 1.807) is 6.92 Å². The Hall–Kier alpha value is -1.19. The maximum atomic E-state index is 10.9. The van der Waals surface area contributed by atoms with Crippen LogP contribution in [0.5, 0.6) is 0 Å². The fourth-order valence-electron chi connectivity index (χ4n) is 1.15. The lowest BCUT2D eigenvalue weighted by molar-refractivity contribution is 0.0697. The maximum Gasteiger partial charge on any atom is 0.340 e. The standard InChI is InChI=1S/C8H13N3O4S2/c1-5-6(8(12)13)7(16-11-5)9-3-4-10-17(2,14)15/h9-10H,3-4H2,1-2H3,(H,12,13). The van der Waals surface area contributed by atoms with E-state index in [1.807, 2.05) is 0 Å². The van der Waals surface area contributed by atoms with Crippen LogP contribution in [0.4, 0.5) is 5.00 Å². The van der Waals surface area contributed by atoms with E-state index in [2.05, 4.69) is 14.4 Å². The number of aromatic nitrogens is 1. The first-order chi connectivity index (χ1) is 7.81. The Morgan fingerprint density at radius 2 is 2.12 bits per heavy atom. The van der Waals surface area contributed by atoms with Gasteiger partial charge in [0, 0.05) is 13.1 Å². The van der Waals surface area contributed by atoms with E-state index >= 15 is 0 Å². The molecule has 0 amide bonds. The molecule has 0 radical (unpaired) electrons. The quantitative estimate of drug-likeness (QED) is 0.638. The molecular weight excluding hydrogens is 266 g/mol. The van der Waals surface area contributed by atoms with Crippen molar-refractivity contribution in [3.8, 4) is 0 Å². The monoisotopic (exact) mass is 279 g/mol. The number of sulfonamides is 1. The normalized spacial score (nSPS) is 11.4. The van der Waals surface area contributed by atoms with Crippen molar-refractivity contribution in [1.29, 1.82) is 0 Å². The molecule has 0 saturated heterocycles. The molecule has 0 atom stereocenters. The van der Waals surface area contributed by atoms with Gasteiger partial charge in [-0.2, -0.15) is 4.37 Å². The third-order valence-electron chi connectivity index (χ3n) is 1.85. The Labute approximate surface area is 103 Å². The number of aromatic carboxylic acids is 1. The number of carboxylic acids is 1. The van der Waals surface area contributed by atoms with E-state index in [4.69, 9.17) is 5.11 Å². The molecule has 0 aliphatic heterocycles. The first-order valence-electron chi connectivity index (χ1n) is 4.69. The van der Waals surface area contributed by atoms with Crippen LogP contribution in [0.3, 0.4) is 0 Å². The minimum absolute atomic E-state index is 0.134. The van der Waals surface area contributed by atoms with E-state index in [9.17, 15) is 13.2 Å². The predicted octanol–water partition coefficient (Wildman–Crippen LogP) is 0.111. The third-order valence-corrected chi connectivity index (χ3v) is 3.48. The van der Waals surface area contributed by atoms with Gasteiger partial charge in [-0.1, -0.05) is 0 Å². The molecule has 0 aromatic carbocycles. The molecule has 3 N–H and O–H groups in total. The largest absolute Gasteiger partial charge is 0.478 e. The van der Waals surface area contributed by atoms with Gasteiger partial charge in [0.15, 0.2) is 0 Å². The zero-order valence-corrected chi connectivity index (χ0v) is 11.0. The molecule has 1 aromatic heterocycles. The molecule has 0 spiro atoms. The summed E-state index contributed by atoms with van der Waals surface area (Å²) in [5.41, 5.74) is 0.579. The minimum atomic E-state index is -3.22. The number of nitrogens with zero attached hydrogens (tertiary/aromatic N) is 1. The van der Waals surface area contributed by atoms with Crippen LogP contribution in [-0.2, 0) is 10.0 Å². The third kappa shape index (κ3) is 4.29. The number of hydrogen-bond donors (Lipinski definition) is 3. The summed E-state index contributed by atoms with van der Waals surface area (Å²) < 4.78 is 27.8. The fraction of sp³-hybridized carbons (Fsp3) is 0.500. The zero-order chi connectivity index (χ0) is 13.1.